The highest BCUT2D eigenvalue weighted by Gasteiger charge is 2.36. The normalized spacial score (nSPS) is 13.5. The number of carbonyl (C=O) groups is 1. The van der Waals surface area contributed by atoms with Crippen molar-refractivity contribution >= 4 is 28.8 Å². The molecule has 1 atom stereocenters. The summed E-state index contributed by atoms with van der Waals surface area (Å²) in [5.74, 6) is -1.15. The van der Waals surface area contributed by atoms with Crippen LogP contribution in [0.2, 0.25) is 5.02 Å². The van der Waals surface area contributed by atoms with E-state index in [1.807, 2.05) is 0 Å². The van der Waals surface area contributed by atoms with E-state index in [-0.39, 0.29) is 22.9 Å². The Morgan fingerprint density at radius 1 is 1.29 bits per heavy atom. The lowest BCUT2D eigenvalue weighted by atomic mass is 9.98. The molecule has 0 spiro atoms. The van der Waals surface area contributed by atoms with E-state index in [4.69, 9.17) is 16.0 Å². The van der Waals surface area contributed by atoms with Crippen molar-refractivity contribution in [3.05, 3.63) is 81.1 Å². The van der Waals surface area contributed by atoms with E-state index in [1.165, 1.54) is 29.7 Å². The molecule has 3 rings (SSSR count). The van der Waals surface area contributed by atoms with Crippen LogP contribution in [0, 0.1) is 5.82 Å². The second kappa shape index (κ2) is 6.76. The molecular formula is C17H13ClFNO3S. The highest BCUT2D eigenvalue weighted by Crippen LogP contribution is 2.32. The maximum atomic E-state index is 13.8. The molecule has 0 saturated heterocycles. The molecule has 124 valence electrons. The molecule has 2 heterocycles. The van der Waals surface area contributed by atoms with Crippen LogP contribution in [0.15, 0.2) is 58.5 Å². The lowest BCUT2D eigenvalue weighted by molar-refractivity contribution is 0.0553. The minimum atomic E-state index is -1.55. The molecule has 24 heavy (non-hydrogen) atoms. The van der Waals surface area contributed by atoms with Crippen molar-refractivity contribution in [2.75, 3.05) is 6.54 Å². The third kappa shape index (κ3) is 3.08. The van der Waals surface area contributed by atoms with E-state index in [0.717, 1.165) is 6.07 Å². The number of halogens is 2. The van der Waals surface area contributed by atoms with Crippen LogP contribution < -0.4 is 5.32 Å². The third-order valence-electron chi connectivity index (χ3n) is 3.55. The number of rotatable bonds is 5. The second-order valence-corrected chi connectivity index (χ2v) is 6.45. The van der Waals surface area contributed by atoms with Gasteiger partial charge in [0.1, 0.15) is 11.6 Å². The van der Waals surface area contributed by atoms with Gasteiger partial charge in [0.25, 0.3) is 5.91 Å². The Morgan fingerprint density at radius 2 is 2.12 bits per heavy atom. The average Bonchev–Trinajstić information content (AvgIpc) is 3.25. The molecule has 7 heteroatoms. The Labute approximate surface area is 146 Å². The molecular weight excluding hydrogens is 353 g/mol. The zero-order chi connectivity index (χ0) is 17.2. The largest absolute Gasteiger partial charge is 0.466 e. The van der Waals surface area contributed by atoms with E-state index < -0.39 is 17.3 Å². The van der Waals surface area contributed by atoms with Gasteiger partial charge in [-0.3, -0.25) is 4.79 Å². The first kappa shape index (κ1) is 16.7. The van der Waals surface area contributed by atoms with Crippen LogP contribution in [0.1, 0.15) is 21.0 Å². The number of furan rings is 1. The number of aliphatic hydroxyl groups is 1. The van der Waals surface area contributed by atoms with Crippen LogP contribution in [0.5, 0.6) is 0 Å². The average molecular weight is 366 g/mol. The van der Waals surface area contributed by atoms with Gasteiger partial charge in [-0.05, 0) is 35.7 Å². The quantitative estimate of drug-likeness (QED) is 0.723. The van der Waals surface area contributed by atoms with Crippen LogP contribution in [-0.4, -0.2) is 17.6 Å². The Bertz CT molecular complexity index is 779. The number of benzene rings is 1. The predicted octanol–water partition coefficient (Wildman–Crippen LogP) is 3.80. The molecule has 0 aliphatic rings. The number of amides is 1. The molecule has 3 aromatic rings. The minimum absolute atomic E-state index is 0.00478. The Balaban J connectivity index is 1.86. The first-order valence-electron chi connectivity index (χ1n) is 7.05. The van der Waals surface area contributed by atoms with Gasteiger partial charge in [-0.1, -0.05) is 23.7 Å². The molecule has 0 saturated carbocycles. The lowest BCUT2D eigenvalue weighted by Gasteiger charge is -2.25. The van der Waals surface area contributed by atoms with Gasteiger partial charge in [-0.2, -0.15) is 0 Å². The Morgan fingerprint density at radius 3 is 2.75 bits per heavy atom. The van der Waals surface area contributed by atoms with E-state index in [0.29, 0.717) is 4.88 Å². The van der Waals surface area contributed by atoms with Gasteiger partial charge >= 0.3 is 0 Å². The monoisotopic (exact) mass is 365 g/mol. The smallest absolute Gasteiger partial charge is 0.255 e. The van der Waals surface area contributed by atoms with E-state index in [2.05, 4.69) is 5.32 Å². The van der Waals surface area contributed by atoms with Crippen LogP contribution in [-0.2, 0) is 5.60 Å². The Hall–Kier alpha value is -2.15. The molecule has 1 aromatic carbocycles. The van der Waals surface area contributed by atoms with E-state index in [9.17, 15) is 14.3 Å². The zero-order valence-electron chi connectivity index (χ0n) is 12.3. The summed E-state index contributed by atoms with van der Waals surface area (Å²) in [6.07, 6.45) is 1.43. The minimum Gasteiger partial charge on any atom is -0.466 e. The van der Waals surface area contributed by atoms with Crippen LogP contribution in [0.4, 0.5) is 4.39 Å². The van der Waals surface area contributed by atoms with Crippen molar-refractivity contribution in [1.82, 2.24) is 5.32 Å². The standard InChI is InChI=1S/C17H13ClFNO3S/c18-11-4-1-5-12(19)15(11)16(21)20-10-17(22,13-6-2-8-23-13)14-7-3-9-24-14/h1-9,22H,10H2,(H,20,21)/t17-/m1/s1. The second-order valence-electron chi connectivity index (χ2n) is 5.09. The van der Waals surface area contributed by atoms with Crippen molar-refractivity contribution in [3.63, 3.8) is 0 Å². The molecule has 0 unspecified atom stereocenters. The number of hydrogen-bond acceptors (Lipinski definition) is 4. The van der Waals surface area contributed by atoms with E-state index in [1.54, 1.807) is 29.6 Å². The van der Waals surface area contributed by atoms with Crippen molar-refractivity contribution < 1.29 is 18.7 Å². The van der Waals surface area contributed by atoms with Gasteiger partial charge < -0.3 is 14.8 Å². The molecule has 0 fully saturated rings. The fraction of sp³-hybridized carbons (Fsp3) is 0.118. The summed E-state index contributed by atoms with van der Waals surface area (Å²) in [5, 5.41) is 15.4. The molecule has 0 aliphatic carbocycles. The molecule has 2 aromatic heterocycles. The van der Waals surface area contributed by atoms with Crippen molar-refractivity contribution in [3.8, 4) is 0 Å². The summed E-state index contributed by atoms with van der Waals surface area (Å²) < 4.78 is 19.2. The van der Waals surface area contributed by atoms with Gasteiger partial charge in [0.15, 0.2) is 5.60 Å². The van der Waals surface area contributed by atoms with E-state index >= 15 is 0 Å². The molecule has 2 N–H and O–H groups in total. The topological polar surface area (TPSA) is 62.5 Å². The van der Waals surface area contributed by atoms with Gasteiger partial charge in [0, 0.05) is 4.88 Å². The number of hydrogen-bond donors (Lipinski definition) is 2. The lowest BCUT2D eigenvalue weighted by Crippen LogP contribution is -2.41. The fourth-order valence-electron chi connectivity index (χ4n) is 2.33. The maximum absolute atomic E-state index is 13.8. The number of carbonyl (C=O) groups excluding carboxylic acids is 1. The van der Waals surface area contributed by atoms with Crippen molar-refractivity contribution in [1.29, 1.82) is 0 Å². The van der Waals surface area contributed by atoms with Gasteiger partial charge in [0.05, 0.1) is 23.4 Å². The van der Waals surface area contributed by atoms with Crippen LogP contribution >= 0.6 is 22.9 Å². The first-order valence-corrected chi connectivity index (χ1v) is 8.30. The number of thiophene rings is 1. The van der Waals surface area contributed by atoms with Gasteiger partial charge in [-0.15, -0.1) is 11.3 Å². The molecule has 1 amide bonds. The third-order valence-corrected chi connectivity index (χ3v) is 4.89. The van der Waals surface area contributed by atoms with Crippen molar-refractivity contribution in [2.45, 2.75) is 5.60 Å². The van der Waals surface area contributed by atoms with Crippen molar-refractivity contribution in [2.24, 2.45) is 0 Å². The summed E-state index contributed by atoms with van der Waals surface area (Å²) in [5.41, 5.74) is -1.81. The summed E-state index contributed by atoms with van der Waals surface area (Å²) in [7, 11) is 0. The fourth-order valence-corrected chi connectivity index (χ4v) is 3.41. The highest BCUT2D eigenvalue weighted by molar-refractivity contribution is 7.10. The summed E-state index contributed by atoms with van der Waals surface area (Å²) >= 11 is 7.21. The first-order chi connectivity index (χ1) is 11.5. The summed E-state index contributed by atoms with van der Waals surface area (Å²) in [6.45, 7) is -0.190. The zero-order valence-corrected chi connectivity index (χ0v) is 13.9. The molecule has 0 radical (unpaired) electrons. The number of nitrogens with one attached hydrogen (secondary N) is 1. The molecule has 4 nitrogen and oxygen atoms in total. The summed E-state index contributed by atoms with van der Waals surface area (Å²) in [6, 6.07) is 10.8. The van der Waals surface area contributed by atoms with Gasteiger partial charge in [-0.25, -0.2) is 4.39 Å². The predicted molar refractivity (Wildman–Crippen MR) is 89.8 cm³/mol. The maximum Gasteiger partial charge on any atom is 0.255 e. The molecule has 0 bridgehead atoms. The highest BCUT2D eigenvalue weighted by atomic mass is 35.5. The SMILES string of the molecule is O=C(NC[C@@](O)(c1ccco1)c1cccs1)c1c(F)cccc1Cl. The summed E-state index contributed by atoms with van der Waals surface area (Å²) in [4.78, 5) is 12.9. The van der Waals surface area contributed by atoms with Crippen LogP contribution in [0.25, 0.3) is 0 Å². The Kier molecular flexibility index (Phi) is 4.71. The molecule has 0 aliphatic heterocycles. The van der Waals surface area contributed by atoms with Crippen LogP contribution in [0.3, 0.4) is 0 Å². The van der Waals surface area contributed by atoms with Gasteiger partial charge in [0.2, 0.25) is 0 Å².